The SMILES string of the molecule is CCNCCCCNCC1CC1CNCCCCNCC12CC3CC(CC(C3)C1)C2. The first-order chi connectivity index (χ1) is 14.8. The Morgan fingerprint density at radius 3 is 1.57 bits per heavy atom. The van der Waals surface area contributed by atoms with Gasteiger partial charge in [0.05, 0.1) is 0 Å². The molecule has 0 saturated heterocycles. The van der Waals surface area contributed by atoms with Crippen LogP contribution in [0.15, 0.2) is 0 Å². The molecule has 5 fully saturated rings. The molecule has 4 heteroatoms. The number of hydrogen-bond acceptors (Lipinski definition) is 4. The highest BCUT2D eigenvalue weighted by Gasteiger charge is 2.50. The Hall–Kier alpha value is -0.160. The van der Waals surface area contributed by atoms with Crippen molar-refractivity contribution in [2.45, 2.75) is 77.6 Å². The second-order valence-corrected chi connectivity index (χ2v) is 11.5. The molecule has 30 heavy (non-hydrogen) atoms. The van der Waals surface area contributed by atoms with Crippen LogP contribution in [0, 0.1) is 35.0 Å². The van der Waals surface area contributed by atoms with Gasteiger partial charge < -0.3 is 21.3 Å². The quantitative estimate of drug-likeness (QED) is 0.272. The summed E-state index contributed by atoms with van der Waals surface area (Å²) in [7, 11) is 0. The van der Waals surface area contributed by atoms with Gasteiger partial charge in [-0.2, -0.15) is 0 Å². The molecule has 0 radical (unpaired) electrons. The average molecular weight is 419 g/mol. The zero-order chi connectivity index (χ0) is 20.7. The van der Waals surface area contributed by atoms with E-state index in [0.29, 0.717) is 5.41 Å². The molecular formula is C26H50N4. The first kappa shape index (κ1) is 23.0. The van der Waals surface area contributed by atoms with Crippen molar-refractivity contribution in [2.24, 2.45) is 35.0 Å². The van der Waals surface area contributed by atoms with Crippen molar-refractivity contribution < 1.29 is 0 Å². The van der Waals surface area contributed by atoms with E-state index in [1.807, 2.05) is 0 Å². The lowest BCUT2D eigenvalue weighted by Gasteiger charge is -2.57. The second kappa shape index (κ2) is 11.6. The number of unbranched alkanes of at least 4 members (excludes halogenated alkanes) is 2. The molecule has 2 unspecified atom stereocenters. The molecule has 0 aromatic heterocycles. The van der Waals surface area contributed by atoms with Gasteiger partial charge in [-0.05, 0) is 151 Å². The van der Waals surface area contributed by atoms with Gasteiger partial charge in [0.15, 0.2) is 0 Å². The maximum atomic E-state index is 3.87. The lowest BCUT2D eigenvalue weighted by Crippen LogP contribution is -2.50. The normalized spacial score (nSPS) is 36.5. The molecule has 0 amide bonds. The van der Waals surface area contributed by atoms with Crippen molar-refractivity contribution in [3.63, 3.8) is 0 Å². The van der Waals surface area contributed by atoms with Crippen LogP contribution in [0.25, 0.3) is 0 Å². The predicted molar refractivity (Wildman–Crippen MR) is 128 cm³/mol. The lowest BCUT2D eigenvalue weighted by molar-refractivity contribution is -0.0512. The summed E-state index contributed by atoms with van der Waals surface area (Å²) < 4.78 is 0. The maximum Gasteiger partial charge on any atom is 0.000811 e. The molecule has 0 aromatic rings. The minimum absolute atomic E-state index is 0.703. The van der Waals surface area contributed by atoms with Crippen molar-refractivity contribution in [1.82, 2.24) is 21.3 Å². The monoisotopic (exact) mass is 418 g/mol. The van der Waals surface area contributed by atoms with E-state index in [0.717, 1.165) is 36.1 Å². The summed E-state index contributed by atoms with van der Waals surface area (Å²) in [4.78, 5) is 0. The van der Waals surface area contributed by atoms with Crippen LogP contribution in [0.1, 0.15) is 77.6 Å². The maximum absolute atomic E-state index is 3.87. The van der Waals surface area contributed by atoms with Crippen LogP contribution in [0.2, 0.25) is 0 Å². The van der Waals surface area contributed by atoms with Gasteiger partial charge in [-0.1, -0.05) is 6.92 Å². The molecule has 4 nitrogen and oxygen atoms in total. The van der Waals surface area contributed by atoms with Gasteiger partial charge in [-0.15, -0.1) is 0 Å². The molecule has 4 N–H and O–H groups in total. The summed E-state index contributed by atoms with van der Waals surface area (Å²) in [5.41, 5.74) is 0.703. The molecule has 5 saturated carbocycles. The molecule has 0 aliphatic heterocycles. The van der Waals surface area contributed by atoms with Crippen LogP contribution in [-0.2, 0) is 0 Å². The van der Waals surface area contributed by atoms with Crippen molar-refractivity contribution in [2.75, 3.05) is 52.4 Å². The predicted octanol–water partition coefficient (Wildman–Crippen LogP) is 3.78. The molecule has 4 bridgehead atoms. The van der Waals surface area contributed by atoms with Gasteiger partial charge in [0.2, 0.25) is 0 Å². The van der Waals surface area contributed by atoms with Crippen molar-refractivity contribution >= 4 is 0 Å². The molecule has 0 heterocycles. The third-order valence-corrected chi connectivity index (χ3v) is 8.71. The van der Waals surface area contributed by atoms with Crippen LogP contribution < -0.4 is 21.3 Å². The number of nitrogens with one attached hydrogen (secondary N) is 4. The summed E-state index contributed by atoms with van der Waals surface area (Å²) in [5, 5.41) is 14.7. The highest BCUT2D eigenvalue weighted by atomic mass is 14.9. The fraction of sp³-hybridized carbons (Fsp3) is 1.00. The molecule has 0 aromatic carbocycles. The fourth-order valence-electron chi connectivity index (χ4n) is 7.42. The fourth-order valence-corrected chi connectivity index (χ4v) is 7.42. The Labute approximate surface area is 186 Å². The van der Waals surface area contributed by atoms with Gasteiger partial charge in [-0.25, -0.2) is 0 Å². The minimum atomic E-state index is 0.703. The third kappa shape index (κ3) is 6.92. The summed E-state index contributed by atoms with van der Waals surface area (Å²) in [5.74, 6) is 5.15. The van der Waals surface area contributed by atoms with E-state index < -0.39 is 0 Å². The van der Waals surface area contributed by atoms with Crippen LogP contribution in [0.3, 0.4) is 0 Å². The number of rotatable bonds is 17. The molecule has 0 spiro atoms. The van der Waals surface area contributed by atoms with E-state index in [2.05, 4.69) is 28.2 Å². The van der Waals surface area contributed by atoms with E-state index >= 15 is 0 Å². The van der Waals surface area contributed by atoms with Crippen molar-refractivity contribution in [3.05, 3.63) is 0 Å². The van der Waals surface area contributed by atoms with Crippen LogP contribution in [0.5, 0.6) is 0 Å². The van der Waals surface area contributed by atoms with Crippen molar-refractivity contribution in [1.29, 1.82) is 0 Å². The summed E-state index contributed by atoms with van der Waals surface area (Å²) in [6.45, 7) is 11.9. The zero-order valence-corrected chi connectivity index (χ0v) is 19.8. The third-order valence-electron chi connectivity index (χ3n) is 8.71. The van der Waals surface area contributed by atoms with Crippen LogP contribution >= 0.6 is 0 Å². The first-order valence-electron chi connectivity index (χ1n) is 13.6. The van der Waals surface area contributed by atoms with Gasteiger partial charge >= 0.3 is 0 Å². The Morgan fingerprint density at radius 1 is 0.600 bits per heavy atom. The summed E-state index contributed by atoms with van der Waals surface area (Å²) in [6.07, 6.45) is 16.0. The van der Waals surface area contributed by atoms with E-state index in [-0.39, 0.29) is 0 Å². The zero-order valence-electron chi connectivity index (χ0n) is 19.8. The highest BCUT2D eigenvalue weighted by molar-refractivity contribution is 5.02. The topological polar surface area (TPSA) is 48.1 Å². The van der Waals surface area contributed by atoms with E-state index in [1.165, 1.54) is 77.9 Å². The van der Waals surface area contributed by atoms with Crippen molar-refractivity contribution in [3.8, 4) is 0 Å². The smallest absolute Gasteiger partial charge is 0.000811 e. The Bertz CT molecular complexity index is 458. The van der Waals surface area contributed by atoms with E-state index in [1.54, 1.807) is 38.5 Å². The van der Waals surface area contributed by atoms with Crippen LogP contribution in [-0.4, -0.2) is 52.4 Å². The first-order valence-corrected chi connectivity index (χ1v) is 13.6. The largest absolute Gasteiger partial charge is 0.317 e. The van der Waals surface area contributed by atoms with Gasteiger partial charge in [0.1, 0.15) is 0 Å². The van der Waals surface area contributed by atoms with E-state index in [9.17, 15) is 0 Å². The molecule has 5 aliphatic rings. The van der Waals surface area contributed by atoms with Gasteiger partial charge in [-0.3, -0.25) is 0 Å². The van der Waals surface area contributed by atoms with Gasteiger partial charge in [0.25, 0.3) is 0 Å². The molecule has 5 rings (SSSR count). The Balaban J connectivity index is 0.927. The molecule has 174 valence electrons. The van der Waals surface area contributed by atoms with Crippen LogP contribution in [0.4, 0.5) is 0 Å². The number of hydrogen-bond donors (Lipinski definition) is 4. The second-order valence-electron chi connectivity index (χ2n) is 11.5. The van der Waals surface area contributed by atoms with Gasteiger partial charge in [0, 0.05) is 6.54 Å². The summed E-state index contributed by atoms with van der Waals surface area (Å²) >= 11 is 0. The van der Waals surface area contributed by atoms with E-state index in [4.69, 9.17) is 0 Å². The molecular weight excluding hydrogens is 368 g/mol. The Kier molecular flexibility index (Phi) is 8.92. The Morgan fingerprint density at radius 2 is 1.07 bits per heavy atom. The average Bonchev–Trinajstić information content (AvgIpc) is 3.46. The standard InChI is InChI=1S/C26H50N4/c1-2-27-7-3-4-8-28-18-24-14-25(24)19-29-9-5-6-10-30-20-26-15-21-11-22(16-26)13-23(12-21)17-26/h21-25,27-30H,2-20H2,1H3. The molecule has 5 aliphatic carbocycles. The highest BCUT2D eigenvalue weighted by Crippen LogP contribution is 2.59. The minimum Gasteiger partial charge on any atom is -0.317 e. The molecule has 2 atom stereocenters. The lowest BCUT2D eigenvalue weighted by atomic mass is 9.49. The summed E-state index contributed by atoms with van der Waals surface area (Å²) in [6, 6.07) is 0.